The smallest absolute Gasteiger partial charge is 0.353 e. The van der Waals surface area contributed by atoms with Gasteiger partial charge in [-0.05, 0) is 66.2 Å². The fourth-order valence-electron chi connectivity index (χ4n) is 5.30. The van der Waals surface area contributed by atoms with Crippen LogP contribution in [0.15, 0.2) is 72.8 Å². The van der Waals surface area contributed by atoms with E-state index in [1.165, 1.54) is 29.2 Å². The molecule has 2 aliphatic rings. The first-order valence-electron chi connectivity index (χ1n) is 13.2. The van der Waals surface area contributed by atoms with Gasteiger partial charge in [0.1, 0.15) is 17.6 Å². The van der Waals surface area contributed by atoms with Crippen molar-refractivity contribution >= 4 is 29.3 Å². The molecule has 1 N–H and O–H groups in total. The lowest BCUT2D eigenvalue weighted by Crippen LogP contribution is -2.59. The van der Waals surface area contributed by atoms with E-state index in [0.29, 0.717) is 10.6 Å². The molecule has 3 aromatic carbocycles. The second kappa shape index (κ2) is 11.7. The maximum atomic E-state index is 13.8. The fourth-order valence-corrected chi connectivity index (χ4v) is 5.42. The number of halogens is 5. The summed E-state index contributed by atoms with van der Waals surface area (Å²) >= 11 is 5.93. The molecule has 0 aromatic heterocycles. The van der Waals surface area contributed by atoms with Gasteiger partial charge in [0.25, 0.3) is 11.8 Å². The Bertz CT molecular complexity index is 1470. The minimum absolute atomic E-state index is 0.136. The molecule has 42 heavy (non-hydrogen) atoms. The van der Waals surface area contributed by atoms with E-state index in [0.717, 1.165) is 24.3 Å². The van der Waals surface area contributed by atoms with Crippen LogP contribution in [0, 0.1) is 5.82 Å². The Morgan fingerprint density at radius 2 is 1.55 bits per heavy atom. The quantitative estimate of drug-likeness (QED) is 0.402. The molecule has 3 aromatic rings. The first-order valence-corrected chi connectivity index (χ1v) is 13.6. The average molecular weight is 604 g/mol. The number of likely N-dealkylation sites (tertiary alicyclic amines) is 1. The topological polar surface area (TPSA) is 79.0 Å². The molecule has 1 spiro atoms. The molecule has 0 bridgehead atoms. The van der Waals surface area contributed by atoms with Crippen LogP contribution in [0.3, 0.4) is 0 Å². The highest BCUT2D eigenvalue weighted by Crippen LogP contribution is 2.39. The van der Waals surface area contributed by atoms with Crippen molar-refractivity contribution in [2.75, 3.05) is 19.7 Å². The van der Waals surface area contributed by atoms with Crippen LogP contribution in [0.1, 0.15) is 44.7 Å². The largest absolute Gasteiger partial charge is 0.416 e. The highest BCUT2D eigenvalue weighted by molar-refractivity contribution is 6.30. The third-order valence-electron chi connectivity index (χ3n) is 7.52. The van der Waals surface area contributed by atoms with Crippen LogP contribution >= 0.6 is 11.6 Å². The minimum Gasteiger partial charge on any atom is -0.353 e. The van der Waals surface area contributed by atoms with Crippen molar-refractivity contribution in [2.45, 2.75) is 37.3 Å². The zero-order chi connectivity index (χ0) is 30.1. The van der Waals surface area contributed by atoms with Crippen LogP contribution in [0.4, 0.5) is 17.6 Å². The summed E-state index contributed by atoms with van der Waals surface area (Å²) in [6.07, 6.45) is -4.12. The number of alkyl halides is 3. The number of nitrogens with one attached hydrogen (secondary N) is 1. The van der Waals surface area contributed by atoms with E-state index in [1.807, 2.05) is 0 Å². The second-order valence-electron chi connectivity index (χ2n) is 10.2. The summed E-state index contributed by atoms with van der Waals surface area (Å²) in [7, 11) is 0. The van der Waals surface area contributed by atoms with Crippen LogP contribution < -0.4 is 5.32 Å². The summed E-state index contributed by atoms with van der Waals surface area (Å²) in [6.45, 7) is 0.0984. The van der Waals surface area contributed by atoms with Gasteiger partial charge in [-0.3, -0.25) is 19.3 Å². The van der Waals surface area contributed by atoms with E-state index in [4.69, 9.17) is 16.3 Å². The predicted molar refractivity (Wildman–Crippen MR) is 145 cm³/mol. The summed E-state index contributed by atoms with van der Waals surface area (Å²) in [5.41, 5.74) is -1.24. The van der Waals surface area contributed by atoms with E-state index in [-0.39, 0.29) is 56.1 Å². The Morgan fingerprint density at radius 3 is 2.19 bits per heavy atom. The Labute approximate surface area is 244 Å². The number of hydrogen-bond donors (Lipinski definition) is 1. The number of rotatable bonds is 5. The maximum Gasteiger partial charge on any atom is 0.416 e. The number of hydrogen-bond acceptors (Lipinski definition) is 4. The third-order valence-corrected chi connectivity index (χ3v) is 7.77. The minimum atomic E-state index is -4.53. The monoisotopic (exact) mass is 603 g/mol. The second-order valence-corrected chi connectivity index (χ2v) is 10.6. The number of carbonyl (C=O) groups excluding carboxylic acids is 3. The first kappa shape index (κ1) is 29.5. The van der Waals surface area contributed by atoms with Gasteiger partial charge in [-0.2, -0.15) is 13.2 Å². The lowest BCUT2D eigenvalue weighted by atomic mass is 9.96. The van der Waals surface area contributed by atoms with Crippen molar-refractivity contribution < 1.29 is 36.7 Å². The lowest BCUT2D eigenvalue weighted by Gasteiger charge is -2.44. The maximum absolute atomic E-state index is 13.8. The van der Waals surface area contributed by atoms with Crippen LogP contribution in [0.2, 0.25) is 5.02 Å². The molecule has 2 saturated heterocycles. The van der Waals surface area contributed by atoms with Gasteiger partial charge in [-0.25, -0.2) is 4.39 Å². The Balaban J connectivity index is 1.35. The fraction of sp³-hybridized carbons (Fsp3) is 0.300. The normalized spacial score (nSPS) is 18.3. The molecule has 5 rings (SSSR count). The van der Waals surface area contributed by atoms with Crippen LogP contribution in [-0.2, 0) is 22.3 Å². The average Bonchev–Trinajstić information content (AvgIpc) is 3.34. The number of benzene rings is 3. The summed E-state index contributed by atoms with van der Waals surface area (Å²) < 4.78 is 59.1. The van der Waals surface area contributed by atoms with Gasteiger partial charge in [0.2, 0.25) is 5.91 Å². The van der Waals surface area contributed by atoms with Crippen LogP contribution in [0.25, 0.3) is 0 Å². The summed E-state index contributed by atoms with van der Waals surface area (Å²) in [5, 5.41) is 3.12. The molecule has 7 nitrogen and oxygen atoms in total. The molecule has 220 valence electrons. The van der Waals surface area contributed by atoms with E-state index in [9.17, 15) is 31.9 Å². The molecule has 1 atom stereocenters. The number of ether oxygens (including phenoxy) is 1. The van der Waals surface area contributed by atoms with Gasteiger partial charge in [-0.15, -0.1) is 0 Å². The predicted octanol–water partition coefficient (Wildman–Crippen LogP) is 5.29. The molecule has 2 aliphatic heterocycles. The van der Waals surface area contributed by atoms with E-state index < -0.39 is 41.1 Å². The van der Waals surface area contributed by atoms with E-state index in [2.05, 4.69) is 5.32 Å². The molecule has 0 aliphatic carbocycles. The lowest BCUT2D eigenvalue weighted by molar-refractivity contribution is -0.137. The number of carbonyl (C=O) groups is 3. The number of amides is 3. The summed E-state index contributed by atoms with van der Waals surface area (Å²) in [4.78, 5) is 43.1. The van der Waals surface area contributed by atoms with Crippen molar-refractivity contribution in [3.05, 3.63) is 106 Å². The summed E-state index contributed by atoms with van der Waals surface area (Å²) in [5.74, 6) is -1.93. The molecule has 3 amide bonds. The van der Waals surface area contributed by atoms with Gasteiger partial charge < -0.3 is 15.0 Å². The molecule has 1 unspecified atom stereocenters. The standard InChI is InChI=1S/C30H26ClF4N3O4/c31-23-8-4-20(5-9-23)27(40)37-14-12-29(13-15-37)38(28(41)21-6-10-24(32)11-7-21)25(18-42-29)26(39)36-17-19-2-1-3-22(16-19)30(33,34)35/h1-11,16,25H,12-15,17-18H2,(H,36,39). The van der Waals surface area contributed by atoms with E-state index >= 15 is 0 Å². The van der Waals surface area contributed by atoms with Gasteiger partial charge >= 0.3 is 6.18 Å². The first-order chi connectivity index (χ1) is 20.0. The number of nitrogens with zero attached hydrogens (tertiary/aromatic N) is 2. The molecular formula is C30H26ClF4N3O4. The Kier molecular flexibility index (Phi) is 8.25. The van der Waals surface area contributed by atoms with Gasteiger partial charge in [-0.1, -0.05) is 23.7 Å². The van der Waals surface area contributed by atoms with Crippen LogP contribution in [0.5, 0.6) is 0 Å². The summed E-state index contributed by atoms with van der Waals surface area (Å²) in [6, 6.07) is 14.8. The zero-order valence-electron chi connectivity index (χ0n) is 22.2. The molecule has 0 radical (unpaired) electrons. The van der Waals surface area contributed by atoms with Crippen LogP contribution in [-0.4, -0.2) is 59.0 Å². The SMILES string of the molecule is O=C(NCc1cccc(C(F)(F)F)c1)C1COC2(CCN(C(=O)c3ccc(Cl)cc3)CC2)N1C(=O)c1ccc(F)cc1. The van der Waals surface area contributed by atoms with Crippen molar-refractivity contribution in [1.82, 2.24) is 15.1 Å². The van der Waals surface area contributed by atoms with Gasteiger partial charge in [0.15, 0.2) is 0 Å². The van der Waals surface area contributed by atoms with Crippen molar-refractivity contribution in [3.8, 4) is 0 Å². The van der Waals surface area contributed by atoms with Gasteiger partial charge in [0, 0.05) is 48.6 Å². The molecule has 2 fully saturated rings. The third kappa shape index (κ3) is 6.12. The Hall–Kier alpha value is -3.96. The Morgan fingerprint density at radius 1 is 0.929 bits per heavy atom. The van der Waals surface area contributed by atoms with Gasteiger partial charge in [0.05, 0.1) is 12.2 Å². The zero-order valence-corrected chi connectivity index (χ0v) is 22.9. The molecular weight excluding hydrogens is 578 g/mol. The molecule has 2 heterocycles. The molecule has 12 heteroatoms. The number of piperidine rings is 1. The van der Waals surface area contributed by atoms with E-state index in [1.54, 1.807) is 29.2 Å². The van der Waals surface area contributed by atoms with Crippen molar-refractivity contribution in [1.29, 1.82) is 0 Å². The van der Waals surface area contributed by atoms with Crippen molar-refractivity contribution in [2.24, 2.45) is 0 Å². The highest BCUT2D eigenvalue weighted by Gasteiger charge is 2.54. The highest BCUT2D eigenvalue weighted by atomic mass is 35.5. The molecule has 0 saturated carbocycles. The van der Waals surface area contributed by atoms with Crippen molar-refractivity contribution in [3.63, 3.8) is 0 Å².